The number of nitrogens with one attached hydrogen (secondary N) is 1. The summed E-state index contributed by atoms with van der Waals surface area (Å²) in [6.07, 6.45) is -1.09. The molecule has 0 aliphatic heterocycles. The lowest BCUT2D eigenvalue weighted by molar-refractivity contribution is -0.137. The van der Waals surface area contributed by atoms with E-state index in [0.717, 1.165) is 47.7 Å². The monoisotopic (exact) mass is 385 g/mol. The average molecular weight is 385 g/mol. The Hall–Kier alpha value is -2.82. The Labute approximate surface area is 162 Å². The van der Waals surface area contributed by atoms with E-state index in [4.69, 9.17) is 0 Å². The van der Waals surface area contributed by atoms with Crippen molar-refractivity contribution in [3.8, 4) is 0 Å². The normalized spacial score (nSPS) is 11.6. The zero-order valence-corrected chi connectivity index (χ0v) is 15.6. The van der Waals surface area contributed by atoms with E-state index >= 15 is 0 Å². The molecule has 0 spiro atoms. The summed E-state index contributed by atoms with van der Waals surface area (Å²) in [7, 11) is 0. The van der Waals surface area contributed by atoms with Crippen molar-refractivity contribution < 1.29 is 18.0 Å². The van der Waals surface area contributed by atoms with Gasteiger partial charge in [0.05, 0.1) is 12.0 Å². The summed E-state index contributed by atoms with van der Waals surface area (Å²) < 4.78 is 38.0. The Morgan fingerprint density at radius 3 is 2.39 bits per heavy atom. The predicted molar refractivity (Wildman–Crippen MR) is 106 cm³/mol. The number of halogens is 3. The van der Waals surface area contributed by atoms with Gasteiger partial charge in [-0.1, -0.05) is 49.7 Å². The summed E-state index contributed by atoms with van der Waals surface area (Å²) in [6.45, 7) is 2.14. The Bertz CT molecular complexity index is 962. The van der Waals surface area contributed by atoms with Crippen molar-refractivity contribution in [3.63, 3.8) is 0 Å². The number of carbonyl (C=O) groups is 1. The van der Waals surface area contributed by atoms with Crippen LogP contribution in [-0.4, -0.2) is 5.91 Å². The van der Waals surface area contributed by atoms with Gasteiger partial charge >= 0.3 is 6.18 Å². The molecule has 0 saturated carbocycles. The lowest BCUT2D eigenvalue weighted by atomic mass is 9.96. The molecule has 1 N–H and O–H groups in total. The molecule has 3 aromatic rings. The van der Waals surface area contributed by atoms with Crippen LogP contribution in [0.3, 0.4) is 0 Å². The SMILES string of the molecule is CCCCc1cc(CC(=O)Nc2ccc(C(F)(F)F)cc2)c2ccccc2c1. The fraction of sp³-hybridized carbons (Fsp3) is 0.261. The van der Waals surface area contributed by atoms with E-state index in [-0.39, 0.29) is 12.3 Å². The lowest BCUT2D eigenvalue weighted by Crippen LogP contribution is -2.15. The zero-order chi connectivity index (χ0) is 20.1. The Morgan fingerprint density at radius 1 is 1.00 bits per heavy atom. The van der Waals surface area contributed by atoms with Crippen LogP contribution < -0.4 is 5.32 Å². The summed E-state index contributed by atoms with van der Waals surface area (Å²) >= 11 is 0. The maximum atomic E-state index is 12.7. The van der Waals surface area contributed by atoms with Gasteiger partial charge < -0.3 is 5.32 Å². The van der Waals surface area contributed by atoms with Crippen molar-refractivity contribution in [2.75, 3.05) is 5.32 Å². The van der Waals surface area contributed by atoms with Gasteiger partial charge in [0.1, 0.15) is 0 Å². The molecule has 28 heavy (non-hydrogen) atoms. The first-order valence-corrected chi connectivity index (χ1v) is 9.34. The van der Waals surface area contributed by atoms with Crippen molar-refractivity contribution in [2.45, 2.75) is 38.8 Å². The number of anilines is 1. The number of fused-ring (bicyclic) bond motifs is 1. The molecule has 3 aromatic carbocycles. The summed E-state index contributed by atoms with van der Waals surface area (Å²) in [6, 6.07) is 16.6. The van der Waals surface area contributed by atoms with E-state index in [0.29, 0.717) is 5.69 Å². The third-order valence-electron chi connectivity index (χ3n) is 4.67. The summed E-state index contributed by atoms with van der Waals surface area (Å²) in [4.78, 5) is 12.5. The molecular formula is C23H22F3NO. The van der Waals surface area contributed by atoms with Gasteiger partial charge in [0, 0.05) is 5.69 Å². The van der Waals surface area contributed by atoms with E-state index in [2.05, 4.69) is 24.4 Å². The van der Waals surface area contributed by atoms with Crippen LogP contribution in [0.5, 0.6) is 0 Å². The molecular weight excluding hydrogens is 363 g/mol. The Kier molecular flexibility index (Phi) is 6.02. The van der Waals surface area contributed by atoms with E-state index in [1.807, 2.05) is 24.3 Å². The lowest BCUT2D eigenvalue weighted by Gasteiger charge is -2.12. The van der Waals surface area contributed by atoms with Gasteiger partial charge in [0.15, 0.2) is 0 Å². The van der Waals surface area contributed by atoms with Crippen LogP contribution >= 0.6 is 0 Å². The minimum atomic E-state index is -4.39. The molecule has 0 aliphatic rings. The van der Waals surface area contributed by atoms with Crippen LogP contribution in [-0.2, 0) is 23.8 Å². The van der Waals surface area contributed by atoms with Crippen molar-refractivity contribution in [1.82, 2.24) is 0 Å². The van der Waals surface area contributed by atoms with Gasteiger partial charge in [-0.2, -0.15) is 13.2 Å². The number of alkyl halides is 3. The van der Waals surface area contributed by atoms with Gasteiger partial charge in [0.2, 0.25) is 5.91 Å². The van der Waals surface area contributed by atoms with Crippen molar-refractivity contribution in [1.29, 1.82) is 0 Å². The Morgan fingerprint density at radius 2 is 1.71 bits per heavy atom. The summed E-state index contributed by atoms with van der Waals surface area (Å²) in [5.41, 5.74) is 1.73. The van der Waals surface area contributed by atoms with E-state index in [9.17, 15) is 18.0 Å². The van der Waals surface area contributed by atoms with Crippen LogP contribution in [0.4, 0.5) is 18.9 Å². The minimum Gasteiger partial charge on any atom is -0.326 e. The first kappa shape index (κ1) is 19.9. The number of hydrogen-bond acceptors (Lipinski definition) is 1. The molecule has 1 amide bonds. The molecule has 0 aliphatic carbocycles. The molecule has 0 aromatic heterocycles. The van der Waals surface area contributed by atoms with Gasteiger partial charge in [-0.3, -0.25) is 4.79 Å². The van der Waals surface area contributed by atoms with E-state index in [1.165, 1.54) is 17.7 Å². The average Bonchev–Trinajstić information content (AvgIpc) is 2.66. The van der Waals surface area contributed by atoms with E-state index in [1.54, 1.807) is 0 Å². The largest absolute Gasteiger partial charge is 0.416 e. The van der Waals surface area contributed by atoms with Crippen molar-refractivity contribution >= 4 is 22.4 Å². The second-order valence-electron chi connectivity index (χ2n) is 6.88. The fourth-order valence-electron chi connectivity index (χ4n) is 3.25. The van der Waals surface area contributed by atoms with Gasteiger partial charge in [-0.15, -0.1) is 0 Å². The second kappa shape index (κ2) is 8.46. The number of aryl methyl sites for hydroxylation is 1. The second-order valence-corrected chi connectivity index (χ2v) is 6.88. The number of rotatable bonds is 6. The molecule has 3 rings (SSSR count). The summed E-state index contributed by atoms with van der Waals surface area (Å²) in [5, 5.41) is 4.80. The highest BCUT2D eigenvalue weighted by molar-refractivity contribution is 5.96. The van der Waals surface area contributed by atoms with Crippen molar-refractivity contribution in [3.05, 3.63) is 77.4 Å². The number of benzene rings is 3. The number of unbranched alkanes of at least 4 members (excludes halogenated alkanes) is 1. The molecule has 0 radical (unpaired) electrons. The van der Waals surface area contributed by atoms with Crippen LogP contribution in [0.2, 0.25) is 0 Å². The van der Waals surface area contributed by atoms with Gasteiger partial charge in [0.25, 0.3) is 0 Å². The smallest absolute Gasteiger partial charge is 0.326 e. The molecule has 5 heteroatoms. The van der Waals surface area contributed by atoms with Crippen LogP contribution in [0.1, 0.15) is 36.5 Å². The molecule has 0 saturated heterocycles. The van der Waals surface area contributed by atoms with Crippen LogP contribution in [0.25, 0.3) is 10.8 Å². The third-order valence-corrected chi connectivity index (χ3v) is 4.67. The molecule has 0 unspecified atom stereocenters. The molecule has 146 valence electrons. The fourth-order valence-corrected chi connectivity index (χ4v) is 3.25. The number of hydrogen-bond donors (Lipinski definition) is 1. The Balaban J connectivity index is 1.78. The topological polar surface area (TPSA) is 29.1 Å². The van der Waals surface area contributed by atoms with Crippen molar-refractivity contribution in [2.24, 2.45) is 0 Å². The van der Waals surface area contributed by atoms with Gasteiger partial charge in [-0.05, 0) is 59.0 Å². The predicted octanol–water partition coefficient (Wildman–Crippen LogP) is 6.38. The molecule has 0 bridgehead atoms. The highest BCUT2D eigenvalue weighted by Crippen LogP contribution is 2.30. The first-order chi connectivity index (χ1) is 13.4. The molecule has 0 fully saturated rings. The summed E-state index contributed by atoms with van der Waals surface area (Å²) in [5.74, 6) is -0.252. The van der Waals surface area contributed by atoms with Crippen LogP contribution in [0, 0.1) is 0 Å². The molecule has 0 heterocycles. The maximum Gasteiger partial charge on any atom is 0.416 e. The highest BCUT2D eigenvalue weighted by Gasteiger charge is 2.30. The standard InChI is InChI=1S/C23H22F3NO/c1-2-3-6-16-13-17-7-4-5-8-21(17)18(14-16)15-22(28)27-20-11-9-19(10-12-20)23(24,25)26/h4-5,7-14H,2-3,6,15H2,1H3,(H,27,28). The van der Waals surface area contributed by atoms with Crippen LogP contribution in [0.15, 0.2) is 60.7 Å². The number of carbonyl (C=O) groups excluding carboxylic acids is 1. The molecule has 0 atom stereocenters. The highest BCUT2D eigenvalue weighted by atomic mass is 19.4. The van der Waals surface area contributed by atoms with E-state index < -0.39 is 11.7 Å². The minimum absolute atomic E-state index is 0.168. The first-order valence-electron chi connectivity index (χ1n) is 9.34. The molecule has 2 nitrogen and oxygen atoms in total. The zero-order valence-electron chi connectivity index (χ0n) is 15.6. The third kappa shape index (κ3) is 4.91. The quantitative estimate of drug-likeness (QED) is 0.524. The maximum absolute atomic E-state index is 12.7. The number of amides is 1. The van der Waals surface area contributed by atoms with Gasteiger partial charge in [-0.25, -0.2) is 0 Å².